The van der Waals surface area contributed by atoms with Crippen molar-refractivity contribution in [2.45, 2.75) is 18.4 Å². The number of fused-ring (bicyclic) bond motifs is 1. The maximum absolute atomic E-state index is 12.8. The van der Waals surface area contributed by atoms with Crippen molar-refractivity contribution in [2.24, 2.45) is 0 Å². The number of rotatable bonds is 5. The summed E-state index contributed by atoms with van der Waals surface area (Å²) >= 11 is 6.09. The van der Waals surface area contributed by atoms with Crippen molar-refractivity contribution in [3.05, 3.63) is 70.4 Å². The van der Waals surface area contributed by atoms with Crippen molar-refractivity contribution in [3.8, 4) is 11.4 Å². The van der Waals surface area contributed by atoms with E-state index in [-0.39, 0.29) is 17.4 Å². The highest BCUT2D eigenvalue weighted by Crippen LogP contribution is 2.33. The van der Waals surface area contributed by atoms with Crippen molar-refractivity contribution >= 4 is 33.2 Å². The lowest BCUT2D eigenvalue weighted by molar-refractivity contribution is 0.102. The number of carbonyl (C=O) groups excluding carboxylic acids is 1. The summed E-state index contributed by atoms with van der Waals surface area (Å²) in [6.45, 7) is 2.41. The molecule has 0 fully saturated rings. The van der Waals surface area contributed by atoms with Crippen LogP contribution in [0.15, 0.2) is 48.5 Å². The van der Waals surface area contributed by atoms with E-state index in [0.29, 0.717) is 45.7 Å². The van der Waals surface area contributed by atoms with Gasteiger partial charge in [-0.15, -0.1) is 0 Å². The molecule has 0 bridgehead atoms. The number of aromatic nitrogens is 2. The van der Waals surface area contributed by atoms with Gasteiger partial charge in [0.25, 0.3) is 5.91 Å². The number of ether oxygens (including phenoxy) is 1. The SMILES string of the molecule is CCOc1ccc(C(=O)Nc2c3c(nn2-c2cccc(Cl)c2)CS(=O)(=O)C3)cc1. The van der Waals surface area contributed by atoms with Gasteiger partial charge in [-0.25, -0.2) is 13.1 Å². The second-order valence-electron chi connectivity index (χ2n) is 6.61. The highest BCUT2D eigenvalue weighted by molar-refractivity contribution is 7.90. The summed E-state index contributed by atoms with van der Waals surface area (Å²) in [7, 11) is -3.27. The number of hydrogen-bond donors (Lipinski definition) is 1. The molecule has 0 unspecified atom stereocenters. The lowest BCUT2D eigenvalue weighted by atomic mass is 10.2. The Hall–Kier alpha value is -2.84. The molecule has 1 aliphatic rings. The first kappa shape index (κ1) is 19.5. The Morgan fingerprint density at radius 3 is 2.66 bits per heavy atom. The van der Waals surface area contributed by atoms with E-state index < -0.39 is 9.84 Å². The third-order valence-electron chi connectivity index (χ3n) is 4.50. The predicted octanol–water partition coefficient (Wildman–Crippen LogP) is 3.61. The third kappa shape index (κ3) is 3.99. The minimum atomic E-state index is -3.27. The molecular weight excluding hydrogens is 414 g/mol. The number of hydrogen-bond acceptors (Lipinski definition) is 5. The molecule has 0 aliphatic carbocycles. The lowest BCUT2D eigenvalue weighted by Gasteiger charge is -2.12. The van der Waals surface area contributed by atoms with Crippen LogP contribution in [0.4, 0.5) is 5.82 Å². The van der Waals surface area contributed by atoms with Crippen molar-refractivity contribution in [2.75, 3.05) is 11.9 Å². The second-order valence-corrected chi connectivity index (χ2v) is 9.11. The van der Waals surface area contributed by atoms with Crippen molar-refractivity contribution in [3.63, 3.8) is 0 Å². The first-order chi connectivity index (χ1) is 13.9. The Morgan fingerprint density at radius 1 is 1.21 bits per heavy atom. The van der Waals surface area contributed by atoms with Gasteiger partial charge in [0, 0.05) is 16.1 Å². The lowest BCUT2D eigenvalue weighted by Crippen LogP contribution is -2.17. The fraction of sp³-hybridized carbons (Fsp3) is 0.200. The molecule has 1 amide bonds. The third-order valence-corrected chi connectivity index (χ3v) is 6.18. The van der Waals surface area contributed by atoms with Crippen LogP contribution < -0.4 is 10.1 Å². The summed E-state index contributed by atoms with van der Waals surface area (Å²) in [5.74, 6) is 0.314. The maximum atomic E-state index is 12.8. The maximum Gasteiger partial charge on any atom is 0.256 e. The van der Waals surface area contributed by atoms with Gasteiger partial charge in [-0.3, -0.25) is 4.79 Å². The molecule has 0 atom stereocenters. The topological polar surface area (TPSA) is 90.3 Å². The molecule has 0 radical (unpaired) electrons. The van der Waals surface area contributed by atoms with Crippen LogP contribution in [0.1, 0.15) is 28.5 Å². The van der Waals surface area contributed by atoms with Gasteiger partial charge in [0.2, 0.25) is 0 Å². The Balaban J connectivity index is 1.71. The van der Waals surface area contributed by atoms with E-state index in [1.807, 2.05) is 6.92 Å². The molecule has 1 aliphatic heterocycles. The van der Waals surface area contributed by atoms with Crippen LogP contribution in [0.3, 0.4) is 0 Å². The first-order valence-corrected chi connectivity index (χ1v) is 11.2. The van der Waals surface area contributed by atoms with E-state index in [1.165, 1.54) is 4.68 Å². The van der Waals surface area contributed by atoms with Gasteiger partial charge in [0.05, 0.1) is 29.5 Å². The van der Waals surface area contributed by atoms with Gasteiger partial charge in [-0.2, -0.15) is 5.10 Å². The average Bonchev–Trinajstić information content (AvgIpc) is 3.15. The molecule has 4 rings (SSSR count). The summed E-state index contributed by atoms with van der Waals surface area (Å²) in [5, 5.41) is 7.76. The monoisotopic (exact) mass is 431 g/mol. The Labute approximate surface area is 173 Å². The average molecular weight is 432 g/mol. The summed E-state index contributed by atoms with van der Waals surface area (Å²) in [5.41, 5.74) is 1.99. The molecular formula is C20H18ClN3O4S. The van der Waals surface area contributed by atoms with Crippen molar-refractivity contribution in [1.82, 2.24) is 9.78 Å². The number of nitrogens with zero attached hydrogens (tertiary/aromatic N) is 2. The fourth-order valence-electron chi connectivity index (χ4n) is 3.21. The van der Waals surface area contributed by atoms with Crippen LogP contribution in [-0.2, 0) is 21.3 Å². The summed E-state index contributed by atoms with van der Waals surface area (Å²) < 4.78 is 31.0. The number of amides is 1. The molecule has 150 valence electrons. The summed E-state index contributed by atoms with van der Waals surface area (Å²) in [4.78, 5) is 12.8. The molecule has 2 heterocycles. The van der Waals surface area contributed by atoms with Gasteiger partial charge >= 0.3 is 0 Å². The molecule has 0 saturated carbocycles. The van der Waals surface area contributed by atoms with Crippen LogP contribution in [0, 0.1) is 0 Å². The second kappa shape index (κ2) is 7.53. The van der Waals surface area contributed by atoms with Crippen LogP contribution in [0.2, 0.25) is 5.02 Å². The number of halogens is 1. The zero-order valence-corrected chi connectivity index (χ0v) is 17.1. The van der Waals surface area contributed by atoms with Crippen molar-refractivity contribution in [1.29, 1.82) is 0 Å². The molecule has 9 heteroatoms. The molecule has 2 aromatic carbocycles. The number of anilines is 1. The molecule has 1 N–H and O–H groups in total. The molecule has 3 aromatic rings. The van der Waals surface area contributed by atoms with E-state index >= 15 is 0 Å². The Bertz CT molecular complexity index is 1190. The minimum Gasteiger partial charge on any atom is -0.494 e. The van der Waals surface area contributed by atoms with Gasteiger partial charge in [0.1, 0.15) is 11.6 Å². The highest BCUT2D eigenvalue weighted by Gasteiger charge is 2.33. The standard InChI is InChI=1S/C20H18ClN3O4S/c1-2-28-16-8-6-13(7-9-16)20(25)22-19-17-11-29(26,27)12-18(17)23-24(19)15-5-3-4-14(21)10-15/h3-10H,2,11-12H2,1H3,(H,22,25). The predicted molar refractivity (Wildman–Crippen MR) is 110 cm³/mol. The number of benzene rings is 2. The molecule has 1 aromatic heterocycles. The van der Waals surface area contributed by atoms with Crippen LogP contribution in [0.5, 0.6) is 5.75 Å². The van der Waals surface area contributed by atoms with Crippen LogP contribution in [-0.4, -0.2) is 30.7 Å². The smallest absolute Gasteiger partial charge is 0.256 e. The minimum absolute atomic E-state index is 0.151. The zero-order chi connectivity index (χ0) is 20.6. The van der Waals surface area contributed by atoms with E-state index in [0.717, 1.165) is 0 Å². The quantitative estimate of drug-likeness (QED) is 0.666. The van der Waals surface area contributed by atoms with E-state index in [9.17, 15) is 13.2 Å². The number of nitrogens with one attached hydrogen (secondary N) is 1. The number of carbonyl (C=O) groups is 1. The van der Waals surface area contributed by atoms with E-state index in [4.69, 9.17) is 16.3 Å². The number of sulfone groups is 1. The van der Waals surface area contributed by atoms with Crippen LogP contribution >= 0.6 is 11.6 Å². The summed E-state index contributed by atoms with van der Waals surface area (Å²) in [6.07, 6.45) is 0. The van der Waals surface area contributed by atoms with E-state index in [1.54, 1.807) is 48.5 Å². The van der Waals surface area contributed by atoms with Gasteiger partial charge in [-0.05, 0) is 49.4 Å². The summed E-state index contributed by atoms with van der Waals surface area (Å²) in [6, 6.07) is 13.7. The van der Waals surface area contributed by atoms with Crippen LogP contribution in [0.25, 0.3) is 5.69 Å². The Morgan fingerprint density at radius 2 is 1.97 bits per heavy atom. The van der Waals surface area contributed by atoms with Crippen molar-refractivity contribution < 1.29 is 17.9 Å². The first-order valence-electron chi connectivity index (χ1n) is 8.97. The van der Waals surface area contributed by atoms with Gasteiger partial charge in [0.15, 0.2) is 9.84 Å². The van der Waals surface area contributed by atoms with E-state index in [2.05, 4.69) is 10.4 Å². The normalized spacial score (nSPS) is 14.4. The molecule has 7 nitrogen and oxygen atoms in total. The van der Waals surface area contributed by atoms with Gasteiger partial charge < -0.3 is 10.1 Å². The fourth-order valence-corrected chi connectivity index (χ4v) is 4.89. The zero-order valence-electron chi connectivity index (χ0n) is 15.6. The highest BCUT2D eigenvalue weighted by atomic mass is 35.5. The van der Waals surface area contributed by atoms with Gasteiger partial charge in [-0.1, -0.05) is 17.7 Å². The molecule has 0 saturated heterocycles. The molecule has 0 spiro atoms. The molecule has 29 heavy (non-hydrogen) atoms. The largest absolute Gasteiger partial charge is 0.494 e. The Kier molecular flexibility index (Phi) is 5.06.